The fourth-order valence-corrected chi connectivity index (χ4v) is 5.87. The highest BCUT2D eigenvalue weighted by Gasteiger charge is 2.58. The van der Waals surface area contributed by atoms with E-state index in [-0.39, 0.29) is 35.8 Å². The molecule has 2 fully saturated rings. The molecule has 1 aromatic heterocycles. The normalized spacial score (nSPS) is 25.5. The van der Waals surface area contributed by atoms with Gasteiger partial charge in [-0.15, -0.1) is 0 Å². The monoisotopic (exact) mass is 522 g/mol. The lowest BCUT2D eigenvalue weighted by Gasteiger charge is -2.45. The van der Waals surface area contributed by atoms with Gasteiger partial charge in [0.25, 0.3) is 11.9 Å². The summed E-state index contributed by atoms with van der Waals surface area (Å²) in [6.07, 6.45) is -0.580. The molecule has 38 heavy (non-hydrogen) atoms. The van der Waals surface area contributed by atoms with Crippen LogP contribution in [0, 0.1) is 5.92 Å². The van der Waals surface area contributed by atoms with E-state index in [9.17, 15) is 19.5 Å². The zero-order valence-corrected chi connectivity index (χ0v) is 22.7. The molecule has 0 saturated carbocycles. The van der Waals surface area contributed by atoms with E-state index in [2.05, 4.69) is 10.3 Å². The van der Waals surface area contributed by atoms with Gasteiger partial charge in [-0.1, -0.05) is 69.4 Å². The van der Waals surface area contributed by atoms with Crippen LogP contribution in [0.2, 0.25) is 5.82 Å². The highest BCUT2D eigenvalue weighted by atomic mass is 16.7. The summed E-state index contributed by atoms with van der Waals surface area (Å²) < 4.78 is 12.0. The lowest BCUT2D eigenvalue weighted by molar-refractivity contribution is -0.136. The average molecular weight is 522 g/mol. The molecule has 0 radical (unpaired) electrons. The Bertz CT molecular complexity index is 1180. The lowest BCUT2D eigenvalue weighted by Crippen LogP contribution is -2.56. The first-order valence-corrected chi connectivity index (χ1v) is 13.4. The third-order valence-electron chi connectivity index (χ3n) is 7.57. The molecule has 2 aromatic rings. The number of carbonyl (C=O) groups is 3. The fourth-order valence-electron chi connectivity index (χ4n) is 5.87. The summed E-state index contributed by atoms with van der Waals surface area (Å²) in [7, 11) is 0. The van der Waals surface area contributed by atoms with Gasteiger partial charge >= 0.3 is 6.69 Å². The average Bonchev–Trinajstić information content (AvgIpc) is 3.35. The SMILES string of the molecule is CC(C)C[C@H](CC(=O)[C@@H](NC(=O)c1cccc(-c2ccccc2)n1)[C@@H](C)O)[B-]12OC[C@@H](C)N1[C@H](C)C(=O)O2. The predicted molar refractivity (Wildman–Crippen MR) is 144 cm³/mol. The topological polar surface area (TPSA) is 118 Å². The number of Topliss-reactive ketones (excluding diaryl/α,β-unsaturated/α-hetero) is 1. The molecule has 3 heterocycles. The van der Waals surface area contributed by atoms with Gasteiger partial charge < -0.3 is 24.5 Å². The maximum Gasteiger partial charge on any atom is 0.378 e. The summed E-state index contributed by atoms with van der Waals surface area (Å²) >= 11 is 0. The number of benzene rings is 1. The second-order valence-corrected chi connectivity index (χ2v) is 11.0. The minimum absolute atomic E-state index is 0.0191. The van der Waals surface area contributed by atoms with Gasteiger partial charge in [0.15, 0.2) is 5.78 Å². The number of aliphatic hydroxyl groups is 1. The summed E-state index contributed by atoms with van der Waals surface area (Å²) in [4.78, 5) is 45.8. The minimum atomic E-state index is -2.18. The van der Waals surface area contributed by atoms with Crippen molar-refractivity contribution in [2.75, 3.05) is 6.61 Å². The highest BCUT2D eigenvalue weighted by molar-refractivity contribution is 6.70. The van der Waals surface area contributed by atoms with Crippen molar-refractivity contribution in [2.24, 2.45) is 5.92 Å². The van der Waals surface area contributed by atoms with Crippen LogP contribution in [-0.2, 0) is 18.9 Å². The van der Waals surface area contributed by atoms with Gasteiger partial charge in [0, 0.05) is 12.2 Å². The van der Waals surface area contributed by atoms with Crippen molar-refractivity contribution < 1.29 is 28.8 Å². The Hall–Kier alpha value is -3.08. The first-order valence-electron chi connectivity index (χ1n) is 13.4. The first-order chi connectivity index (χ1) is 18.0. The van der Waals surface area contributed by atoms with Gasteiger partial charge in [-0.05, 0) is 44.4 Å². The van der Waals surface area contributed by atoms with Gasteiger partial charge in [0.2, 0.25) is 0 Å². The third-order valence-corrected chi connectivity index (χ3v) is 7.57. The van der Waals surface area contributed by atoms with Crippen LogP contribution in [0.5, 0.6) is 0 Å². The van der Waals surface area contributed by atoms with Crippen LogP contribution in [0.15, 0.2) is 48.5 Å². The van der Waals surface area contributed by atoms with Gasteiger partial charge in [-0.3, -0.25) is 14.4 Å². The van der Waals surface area contributed by atoms with E-state index in [0.29, 0.717) is 18.7 Å². The van der Waals surface area contributed by atoms with E-state index >= 15 is 0 Å². The van der Waals surface area contributed by atoms with Gasteiger partial charge in [0.05, 0.1) is 17.8 Å². The molecule has 204 valence electrons. The summed E-state index contributed by atoms with van der Waals surface area (Å²) in [6.45, 7) is 7.53. The molecule has 10 heteroatoms. The van der Waals surface area contributed by atoms with Crippen LogP contribution in [0.3, 0.4) is 0 Å². The molecular weight excluding hydrogens is 485 g/mol. The number of aromatic nitrogens is 1. The molecule has 2 N–H and O–H groups in total. The minimum Gasteiger partial charge on any atom is -0.652 e. The van der Waals surface area contributed by atoms with Crippen molar-refractivity contribution >= 4 is 24.3 Å². The zero-order valence-electron chi connectivity index (χ0n) is 22.7. The molecule has 2 saturated heterocycles. The van der Waals surface area contributed by atoms with E-state index in [1.807, 2.05) is 55.9 Å². The van der Waals surface area contributed by atoms with Crippen LogP contribution < -0.4 is 5.32 Å². The maximum absolute atomic E-state index is 13.6. The maximum atomic E-state index is 13.6. The second kappa shape index (κ2) is 11.3. The largest absolute Gasteiger partial charge is 0.652 e. The number of pyridine rings is 1. The summed E-state index contributed by atoms with van der Waals surface area (Å²) in [5.74, 6) is -1.49. The van der Waals surface area contributed by atoms with Crippen molar-refractivity contribution in [2.45, 2.75) is 77.5 Å². The number of aliphatic hydroxyl groups excluding tert-OH is 1. The molecule has 0 spiro atoms. The van der Waals surface area contributed by atoms with Gasteiger partial charge in [0.1, 0.15) is 11.7 Å². The molecule has 1 amide bonds. The van der Waals surface area contributed by atoms with Crippen LogP contribution in [0.25, 0.3) is 11.3 Å². The van der Waals surface area contributed by atoms with Crippen LogP contribution >= 0.6 is 0 Å². The molecule has 2 aliphatic rings. The Morgan fingerprint density at radius 2 is 1.84 bits per heavy atom. The molecule has 0 bridgehead atoms. The van der Waals surface area contributed by atoms with Crippen molar-refractivity contribution in [1.29, 1.82) is 0 Å². The highest BCUT2D eigenvalue weighted by Crippen LogP contribution is 2.45. The van der Waals surface area contributed by atoms with Crippen LogP contribution in [-0.4, -0.2) is 70.1 Å². The predicted octanol–water partition coefficient (Wildman–Crippen LogP) is 3.21. The van der Waals surface area contributed by atoms with Crippen LogP contribution in [0.1, 0.15) is 57.9 Å². The molecule has 1 unspecified atom stereocenters. The Morgan fingerprint density at radius 1 is 1.13 bits per heavy atom. The van der Waals surface area contributed by atoms with Crippen molar-refractivity contribution in [3.63, 3.8) is 0 Å². The van der Waals surface area contributed by atoms with E-state index < -0.39 is 36.6 Å². The number of rotatable bonds is 10. The van der Waals surface area contributed by atoms with E-state index in [0.717, 1.165) is 5.56 Å². The Morgan fingerprint density at radius 3 is 2.50 bits per heavy atom. The number of hydrogen-bond acceptors (Lipinski definition) is 8. The molecule has 9 nitrogen and oxygen atoms in total. The lowest BCUT2D eigenvalue weighted by atomic mass is 9.53. The Balaban J connectivity index is 1.54. The van der Waals surface area contributed by atoms with E-state index in [1.165, 1.54) is 6.92 Å². The molecular formula is C28H37BN3O6-. The number of amides is 1. The van der Waals surface area contributed by atoms with Crippen molar-refractivity contribution in [3.05, 3.63) is 54.2 Å². The van der Waals surface area contributed by atoms with E-state index in [1.54, 1.807) is 25.1 Å². The molecule has 6 atom stereocenters. The standard InChI is InChI=1S/C28H37BN3O6/c1-17(2)14-22(29-32(18(3)16-37-29)19(4)28(36)38-29)15-25(34)26(20(5)33)31-27(35)24-13-9-12-23(30-24)21-10-7-6-8-11-21/h6-13,17-20,22,26,33H,14-16H2,1-5H3,(H,31,35)/q-1/t18-,19-,20-,22-,26+,29?/m1/s1. The van der Waals surface area contributed by atoms with E-state index in [4.69, 9.17) is 9.31 Å². The number of fused-ring (bicyclic) bond motifs is 1. The molecule has 4 rings (SSSR count). The Kier molecular flexibility index (Phi) is 8.35. The number of nitrogens with zero attached hydrogens (tertiary/aromatic N) is 2. The molecule has 1 aromatic carbocycles. The first kappa shape index (κ1) is 27.9. The summed E-state index contributed by atoms with van der Waals surface area (Å²) in [5, 5.41) is 13.2. The Labute approximate surface area is 223 Å². The fraction of sp³-hybridized carbons (Fsp3) is 0.500. The summed E-state index contributed by atoms with van der Waals surface area (Å²) in [6, 6.07) is 12.9. The third kappa shape index (κ3) is 5.53. The zero-order chi connectivity index (χ0) is 27.6. The quantitative estimate of drug-likeness (QED) is 0.457. The van der Waals surface area contributed by atoms with Crippen molar-refractivity contribution in [1.82, 2.24) is 15.1 Å². The van der Waals surface area contributed by atoms with Crippen LogP contribution in [0.4, 0.5) is 0 Å². The van der Waals surface area contributed by atoms with Gasteiger partial charge in [-0.25, -0.2) is 4.98 Å². The number of ketones is 1. The molecule has 2 aliphatic heterocycles. The number of hydrogen-bond donors (Lipinski definition) is 2. The number of carbonyl (C=O) groups excluding carboxylic acids is 3. The number of nitrogens with one attached hydrogen (secondary N) is 1. The van der Waals surface area contributed by atoms with Crippen molar-refractivity contribution in [3.8, 4) is 11.3 Å². The smallest absolute Gasteiger partial charge is 0.378 e. The second-order valence-electron chi connectivity index (χ2n) is 11.0. The molecule has 0 aliphatic carbocycles. The van der Waals surface area contributed by atoms with Gasteiger partial charge in [-0.2, -0.15) is 0 Å². The summed E-state index contributed by atoms with van der Waals surface area (Å²) in [5.41, 5.74) is 1.63.